The molecule has 0 fully saturated rings. The molecule has 94 valence electrons. The predicted molar refractivity (Wildman–Crippen MR) is 69.0 cm³/mol. The molecule has 1 amide bonds. The second-order valence-corrected chi connectivity index (χ2v) is 3.91. The maximum atomic E-state index is 11.9. The van der Waals surface area contributed by atoms with Crippen LogP contribution in [0.25, 0.3) is 11.2 Å². The molecule has 0 aliphatic rings. The van der Waals surface area contributed by atoms with Crippen molar-refractivity contribution >= 4 is 22.8 Å². The van der Waals surface area contributed by atoms with Crippen LogP contribution >= 0.6 is 0 Å². The first kappa shape index (κ1) is 11.2. The maximum Gasteiger partial charge on any atom is 0.418 e. The lowest BCUT2D eigenvalue weighted by atomic mass is 10.2. The Kier molecular flexibility index (Phi) is 2.60. The van der Waals surface area contributed by atoms with Crippen LogP contribution in [0.15, 0.2) is 51.8 Å². The Morgan fingerprint density at radius 1 is 1.26 bits per heavy atom. The number of aromatic amines is 1. The normalized spacial score (nSPS) is 10.5. The second kappa shape index (κ2) is 4.41. The highest BCUT2D eigenvalue weighted by molar-refractivity contribution is 6.04. The number of carbonyl (C=O) groups is 1. The summed E-state index contributed by atoms with van der Waals surface area (Å²) < 4.78 is 4.87. The summed E-state index contributed by atoms with van der Waals surface area (Å²) in [5.41, 5.74) is 1.65. The molecular formula is C13H9N3O3. The third-order valence-electron chi connectivity index (χ3n) is 2.57. The highest BCUT2D eigenvalue weighted by Gasteiger charge is 2.08. The van der Waals surface area contributed by atoms with E-state index >= 15 is 0 Å². The molecule has 3 aromatic rings. The monoisotopic (exact) mass is 255 g/mol. The molecule has 0 saturated heterocycles. The quantitative estimate of drug-likeness (QED) is 0.730. The Morgan fingerprint density at radius 2 is 2.05 bits per heavy atom. The number of hydrogen-bond acceptors (Lipinski definition) is 4. The average molecular weight is 255 g/mol. The molecule has 0 atom stereocenters. The van der Waals surface area contributed by atoms with Crippen molar-refractivity contribution in [2.45, 2.75) is 0 Å². The summed E-state index contributed by atoms with van der Waals surface area (Å²) in [7, 11) is 0. The van der Waals surface area contributed by atoms with Gasteiger partial charge in [-0.05, 0) is 12.1 Å². The molecule has 0 aliphatic carbocycles. The smallest absolute Gasteiger partial charge is 0.406 e. The van der Waals surface area contributed by atoms with Gasteiger partial charge in [0.05, 0.1) is 11.9 Å². The van der Waals surface area contributed by atoms with Crippen LogP contribution in [-0.2, 0) is 0 Å². The van der Waals surface area contributed by atoms with Gasteiger partial charge in [-0.15, -0.1) is 0 Å². The van der Waals surface area contributed by atoms with Crippen molar-refractivity contribution in [2.24, 2.45) is 0 Å². The van der Waals surface area contributed by atoms with E-state index in [9.17, 15) is 9.59 Å². The molecule has 0 spiro atoms. The molecule has 6 heteroatoms. The van der Waals surface area contributed by atoms with Crippen LogP contribution in [0.3, 0.4) is 0 Å². The summed E-state index contributed by atoms with van der Waals surface area (Å²) >= 11 is 0. The molecule has 1 aromatic carbocycles. The third kappa shape index (κ3) is 2.23. The fraction of sp³-hybridized carbons (Fsp3) is 0. The van der Waals surface area contributed by atoms with Gasteiger partial charge in [0.25, 0.3) is 5.91 Å². The number of nitrogens with zero attached hydrogens (tertiary/aromatic N) is 1. The van der Waals surface area contributed by atoms with Crippen LogP contribution in [0.5, 0.6) is 0 Å². The number of nitrogens with one attached hydrogen (secondary N) is 2. The minimum Gasteiger partial charge on any atom is -0.406 e. The van der Waals surface area contributed by atoms with Gasteiger partial charge in [0.2, 0.25) is 0 Å². The lowest BCUT2D eigenvalue weighted by Crippen LogP contribution is -2.11. The van der Waals surface area contributed by atoms with Gasteiger partial charge in [-0.25, -0.2) is 9.78 Å². The minimum atomic E-state index is -0.575. The average Bonchev–Trinajstić information content (AvgIpc) is 2.79. The zero-order chi connectivity index (χ0) is 13.2. The Morgan fingerprint density at radius 3 is 2.84 bits per heavy atom. The summed E-state index contributed by atoms with van der Waals surface area (Å²) in [5, 5.41) is 2.68. The van der Waals surface area contributed by atoms with E-state index in [1.807, 2.05) is 6.07 Å². The fourth-order valence-electron chi connectivity index (χ4n) is 1.70. The van der Waals surface area contributed by atoms with E-state index in [2.05, 4.69) is 15.3 Å². The van der Waals surface area contributed by atoms with Crippen LogP contribution in [0.2, 0.25) is 0 Å². The van der Waals surface area contributed by atoms with Gasteiger partial charge >= 0.3 is 5.76 Å². The number of pyridine rings is 1. The standard InChI is InChI=1S/C13H9N3O3/c17-12(8-4-2-1-3-5-8)15-9-6-10-11(14-7-9)16-13(18)19-10/h1-7H,(H,15,17)(H,14,16,18). The highest BCUT2D eigenvalue weighted by Crippen LogP contribution is 2.14. The molecule has 0 aliphatic heterocycles. The second-order valence-electron chi connectivity index (χ2n) is 3.91. The van der Waals surface area contributed by atoms with Crippen molar-refractivity contribution < 1.29 is 9.21 Å². The number of benzene rings is 1. The molecular weight excluding hydrogens is 246 g/mol. The fourth-order valence-corrected chi connectivity index (χ4v) is 1.70. The predicted octanol–water partition coefficient (Wildman–Crippen LogP) is 1.77. The van der Waals surface area contributed by atoms with Crippen molar-refractivity contribution in [3.63, 3.8) is 0 Å². The summed E-state index contributed by atoms with van der Waals surface area (Å²) in [5.74, 6) is -0.825. The molecule has 2 aromatic heterocycles. The van der Waals surface area contributed by atoms with E-state index < -0.39 is 5.76 Å². The number of oxazole rings is 1. The summed E-state index contributed by atoms with van der Waals surface area (Å²) in [6, 6.07) is 10.3. The van der Waals surface area contributed by atoms with Crippen LogP contribution in [0, 0.1) is 0 Å². The maximum absolute atomic E-state index is 11.9. The van der Waals surface area contributed by atoms with Gasteiger partial charge in [-0.1, -0.05) is 18.2 Å². The van der Waals surface area contributed by atoms with E-state index in [4.69, 9.17) is 4.42 Å². The number of anilines is 1. The van der Waals surface area contributed by atoms with Crippen LogP contribution in [0.1, 0.15) is 10.4 Å². The van der Waals surface area contributed by atoms with Gasteiger partial charge in [-0.3, -0.25) is 9.78 Å². The molecule has 6 nitrogen and oxygen atoms in total. The third-order valence-corrected chi connectivity index (χ3v) is 2.57. The van der Waals surface area contributed by atoms with E-state index in [-0.39, 0.29) is 5.91 Å². The number of fused-ring (bicyclic) bond motifs is 1. The Bertz CT molecular complexity index is 790. The first-order chi connectivity index (χ1) is 9.22. The molecule has 3 rings (SSSR count). The number of hydrogen-bond donors (Lipinski definition) is 2. The first-order valence-corrected chi connectivity index (χ1v) is 5.58. The summed E-state index contributed by atoms with van der Waals surface area (Å²) in [6.45, 7) is 0. The minimum absolute atomic E-state index is 0.250. The van der Waals surface area contributed by atoms with Gasteiger partial charge < -0.3 is 9.73 Å². The number of aromatic nitrogens is 2. The van der Waals surface area contributed by atoms with Crippen LogP contribution in [0.4, 0.5) is 5.69 Å². The Balaban J connectivity index is 1.89. The largest absolute Gasteiger partial charge is 0.418 e. The SMILES string of the molecule is O=C(Nc1cnc2[nH]c(=O)oc2c1)c1ccccc1. The summed E-state index contributed by atoms with van der Waals surface area (Å²) in [4.78, 5) is 29.3. The number of rotatable bonds is 2. The molecule has 2 N–H and O–H groups in total. The molecule has 2 heterocycles. The number of carbonyl (C=O) groups excluding carboxylic acids is 1. The van der Waals surface area contributed by atoms with Crippen molar-refractivity contribution in [3.8, 4) is 0 Å². The van der Waals surface area contributed by atoms with Gasteiger partial charge in [0, 0.05) is 11.6 Å². The lowest BCUT2D eigenvalue weighted by molar-refractivity contribution is 0.102. The molecule has 19 heavy (non-hydrogen) atoms. The van der Waals surface area contributed by atoms with Gasteiger partial charge in [0.15, 0.2) is 11.2 Å². The van der Waals surface area contributed by atoms with E-state index in [1.165, 1.54) is 6.20 Å². The Labute approximate surface area is 107 Å². The van der Waals surface area contributed by atoms with Gasteiger partial charge in [-0.2, -0.15) is 0 Å². The topological polar surface area (TPSA) is 88.0 Å². The number of H-pyrrole nitrogens is 1. The highest BCUT2D eigenvalue weighted by atomic mass is 16.4. The van der Waals surface area contributed by atoms with E-state index in [0.29, 0.717) is 22.5 Å². The van der Waals surface area contributed by atoms with Crippen molar-refractivity contribution in [1.82, 2.24) is 9.97 Å². The molecule has 0 bridgehead atoms. The zero-order valence-corrected chi connectivity index (χ0v) is 9.71. The number of amides is 1. The van der Waals surface area contributed by atoms with Crippen LogP contribution in [-0.4, -0.2) is 15.9 Å². The molecule has 0 unspecified atom stereocenters. The molecule has 0 radical (unpaired) electrons. The van der Waals surface area contributed by atoms with Gasteiger partial charge in [0.1, 0.15) is 0 Å². The van der Waals surface area contributed by atoms with Crippen molar-refractivity contribution in [1.29, 1.82) is 0 Å². The van der Waals surface area contributed by atoms with Crippen LogP contribution < -0.4 is 11.1 Å². The van der Waals surface area contributed by atoms with E-state index in [0.717, 1.165) is 0 Å². The Hall–Kier alpha value is -2.89. The van der Waals surface area contributed by atoms with E-state index in [1.54, 1.807) is 30.3 Å². The van der Waals surface area contributed by atoms with Crippen molar-refractivity contribution in [2.75, 3.05) is 5.32 Å². The lowest BCUT2D eigenvalue weighted by Gasteiger charge is -2.03. The van der Waals surface area contributed by atoms with Crippen molar-refractivity contribution in [3.05, 3.63) is 58.7 Å². The molecule has 0 saturated carbocycles. The summed E-state index contributed by atoms with van der Waals surface area (Å²) in [6.07, 6.45) is 1.45. The first-order valence-electron chi connectivity index (χ1n) is 5.58. The zero-order valence-electron chi connectivity index (χ0n) is 9.71.